The zero-order valence-corrected chi connectivity index (χ0v) is 7.20. The van der Waals surface area contributed by atoms with E-state index in [2.05, 4.69) is 0 Å². The van der Waals surface area contributed by atoms with Crippen LogP contribution in [0, 0.1) is 0 Å². The van der Waals surface area contributed by atoms with Crippen molar-refractivity contribution in [3.63, 3.8) is 0 Å². The van der Waals surface area contributed by atoms with Gasteiger partial charge in [0, 0.05) is 6.42 Å². The second-order valence-corrected chi connectivity index (χ2v) is 0.747. The summed E-state index contributed by atoms with van der Waals surface area (Å²) in [5, 5.41) is 7.72. The fourth-order valence-electron chi connectivity index (χ4n) is 0. The third kappa shape index (κ3) is 24.2. The van der Waals surface area contributed by atoms with Crippen molar-refractivity contribution in [3.8, 4) is 0 Å². The number of carbonyl (C=O) groups is 1. The molecule has 44 valence electrons. The number of halogens is 1. The van der Waals surface area contributed by atoms with Crippen molar-refractivity contribution in [1.82, 2.24) is 0 Å². The molecular formula is C3H9ClO2Si. The normalized spacial score (nSPS) is 6.57. The summed E-state index contributed by atoms with van der Waals surface area (Å²) >= 11 is 4.78. The summed E-state index contributed by atoms with van der Waals surface area (Å²) in [6, 6.07) is 0. The van der Waals surface area contributed by atoms with Gasteiger partial charge >= 0.3 is 5.97 Å². The minimum Gasteiger partial charge on any atom is -0.481 e. The lowest BCUT2D eigenvalue weighted by molar-refractivity contribution is -0.136. The Hall–Kier alpha value is -0.0231. The standard InChI is InChI=1S/C3H6O2.ClH3Si/c1-2-3(4)5;1-2/h2H2,1H3,(H,4,5);2H3. The molecule has 0 fully saturated rings. The van der Waals surface area contributed by atoms with Crippen molar-refractivity contribution < 1.29 is 9.90 Å². The Labute approximate surface area is 50.6 Å². The Balaban J connectivity index is 0. The van der Waals surface area contributed by atoms with Gasteiger partial charge in [-0.1, -0.05) is 6.92 Å². The Bertz CT molecular complexity index is 48.2. The topological polar surface area (TPSA) is 37.3 Å². The quantitative estimate of drug-likeness (QED) is 0.411. The highest BCUT2D eigenvalue weighted by molar-refractivity contribution is 6.80. The molecule has 2 nitrogen and oxygen atoms in total. The van der Waals surface area contributed by atoms with Gasteiger partial charge in [0.2, 0.25) is 0 Å². The predicted octanol–water partition coefficient (Wildman–Crippen LogP) is -0.0134. The van der Waals surface area contributed by atoms with E-state index in [0.29, 0.717) is 0 Å². The van der Waals surface area contributed by atoms with Crippen LogP contribution in [0.3, 0.4) is 0 Å². The molecule has 0 heterocycles. The van der Waals surface area contributed by atoms with Gasteiger partial charge in [-0.3, -0.25) is 4.79 Å². The summed E-state index contributed by atoms with van der Waals surface area (Å²) in [5.74, 6) is -0.745. The van der Waals surface area contributed by atoms with Gasteiger partial charge in [-0.2, -0.15) is 11.1 Å². The van der Waals surface area contributed by atoms with E-state index in [-0.39, 0.29) is 6.42 Å². The summed E-state index contributed by atoms with van der Waals surface area (Å²) < 4.78 is 0. The number of rotatable bonds is 1. The summed E-state index contributed by atoms with van der Waals surface area (Å²) in [6.45, 7) is 1.60. The molecule has 7 heavy (non-hydrogen) atoms. The maximum atomic E-state index is 9.37. The highest BCUT2D eigenvalue weighted by atomic mass is 35.6. The average molecular weight is 141 g/mol. The van der Waals surface area contributed by atoms with Gasteiger partial charge in [0.15, 0.2) is 0 Å². The van der Waals surface area contributed by atoms with Gasteiger partial charge in [-0.15, -0.1) is 0 Å². The monoisotopic (exact) mass is 140 g/mol. The SMILES string of the molecule is CCC(=O)O.[SiH3]Cl. The molecule has 0 saturated heterocycles. The van der Waals surface area contributed by atoms with Gasteiger partial charge in [-0.25, -0.2) is 0 Å². The lowest BCUT2D eigenvalue weighted by Gasteiger charge is -1.71. The molecule has 0 aliphatic carbocycles. The van der Waals surface area contributed by atoms with Crippen molar-refractivity contribution in [2.24, 2.45) is 0 Å². The van der Waals surface area contributed by atoms with E-state index in [1.54, 1.807) is 6.92 Å². The maximum Gasteiger partial charge on any atom is 0.303 e. The lowest BCUT2D eigenvalue weighted by Crippen LogP contribution is -1.86. The first-order valence-electron chi connectivity index (χ1n) is 1.87. The number of carboxylic acid groups (broad SMARTS) is 1. The molecule has 0 radical (unpaired) electrons. The molecule has 0 unspecified atom stereocenters. The highest BCUT2D eigenvalue weighted by Crippen LogP contribution is 1.67. The minimum atomic E-state index is -0.745. The van der Waals surface area contributed by atoms with E-state index in [1.807, 2.05) is 0 Å². The van der Waals surface area contributed by atoms with Crippen LogP contribution in [-0.2, 0) is 4.79 Å². The van der Waals surface area contributed by atoms with E-state index in [9.17, 15) is 4.79 Å². The minimum absolute atomic E-state index is 0.222. The van der Waals surface area contributed by atoms with Crippen molar-refractivity contribution >= 4 is 26.6 Å². The van der Waals surface area contributed by atoms with Gasteiger partial charge < -0.3 is 5.11 Å². The zero-order valence-electron chi connectivity index (χ0n) is 4.44. The van der Waals surface area contributed by atoms with Gasteiger partial charge in [0.05, 0.1) is 0 Å². The molecule has 0 aromatic carbocycles. The smallest absolute Gasteiger partial charge is 0.303 e. The van der Waals surface area contributed by atoms with Crippen molar-refractivity contribution in [2.75, 3.05) is 0 Å². The fraction of sp³-hybridized carbons (Fsp3) is 0.667. The summed E-state index contributed by atoms with van der Waals surface area (Å²) in [5.41, 5.74) is 0. The van der Waals surface area contributed by atoms with Crippen LogP contribution in [0.25, 0.3) is 0 Å². The van der Waals surface area contributed by atoms with Crippen molar-refractivity contribution in [1.29, 1.82) is 0 Å². The molecule has 0 aromatic rings. The van der Waals surface area contributed by atoms with E-state index >= 15 is 0 Å². The van der Waals surface area contributed by atoms with Gasteiger partial charge in [-0.05, 0) is 0 Å². The van der Waals surface area contributed by atoms with Crippen LogP contribution in [-0.4, -0.2) is 20.6 Å². The molecule has 0 rings (SSSR count). The second kappa shape index (κ2) is 9.36. The first kappa shape index (κ1) is 10.1. The molecule has 0 spiro atoms. The van der Waals surface area contributed by atoms with Crippen LogP contribution in [0.5, 0.6) is 0 Å². The second-order valence-electron chi connectivity index (χ2n) is 0.747. The molecule has 0 amide bonds. The number of aliphatic carboxylic acids is 1. The Morgan fingerprint density at radius 3 is 2.00 bits per heavy atom. The Morgan fingerprint density at radius 1 is 1.86 bits per heavy atom. The third-order valence-electron chi connectivity index (χ3n) is 0.302. The molecule has 0 saturated carbocycles. The molecule has 0 bridgehead atoms. The number of hydrogen-bond donors (Lipinski definition) is 1. The van der Waals surface area contributed by atoms with Crippen LogP contribution in [0.15, 0.2) is 0 Å². The van der Waals surface area contributed by atoms with Gasteiger partial charge in [0.1, 0.15) is 9.55 Å². The lowest BCUT2D eigenvalue weighted by atomic mass is 10.5. The molecule has 0 aliphatic rings. The largest absolute Gasteiger partial charge is 0.481 e. The fourth-order valence-corrected chi connectivity index (χ4v) is 0. The molecule has 1 N–H and O–H groups in total. The Kier molecular flexibility index (Phi) is 13.5. The van der Waals surface area contributed by atoms with Gasteiger partial charge in [0.25, 0.3) is 0 Å². The van der Waals surface area contributed by atoms with E-state index < -0.39 is 5.97 Å². The molecule has 0 atom stereocenters. The summed E-state index contributed by atoms with van der Waals surface area (Å²) in [7, 11) is 0.778. The van der Waals surface area contributed by atoms with Crippen LogP contribution >= 0.6 is 11.1 Å². The zero-order chi connectivity index (χ0) is 6.28. The molecular weight excluding hydrogens is 132 g/mol. The number of hydrogen-bond acceptors (Lipinski definition) is 1. The Morgan fingerprint density at radius 2 is 2.00 bits per heavy atom. The van der Waals surface area contributed by atoms with E-state index in [1.165, 1.54) is 0 Å². The first-order chi connectivity index (χ1) is 3.27. The first-order valence-corrected chi connectivity index (χ1v) is 4.89. The number of carboxylic acids is 1. The predicted molar refractivity (Wildman–Crippen MR) is 33.7 cm³/mol. The summed E-state index contributed by atoms with van der Waals surface area (Å²) in [6.07, 6.45) is 0.222. The van der Waals surface area contributed by atoms with Crippen LogP contribution in [0.4, 0.5) is 0 Å². The van der Waals surface area contributed by atoms with Crippen LogP contribution < -0.4 is 0 Å². The summed E-state index contributed by atoms with van der Waals surface area (Å²) in [4.78, 5) is 9.37. The molecule has 0 aromatic heterocycles. The van der Waals surface area contributed by atoms with Crippen molar-refractivity contribution in [3.05, 3.63) is 0 Å². The molecule has 0 aliphatic heterocycles. The molecule has 4 heteroatoms. The van der Waals surface area contributed by atoms with E-state index in [0.717, 1.165) is 9.55 Å². The maximum absolute atomic E-state index is 9.37. The van der Waals surface area contributed by atoms with E-state index in [4.69, 9.17) is 16.2 Å². The van der Waals surface area contributed by atoms with Crippen LogP contribution in [0.1, 0.15) is 13.3 Å². The average Bonchev–Trinajstić information content (AvgIpc) is 1.73. The van der Waals surface area contributed by atoms with Crippen molar-refractivity contribution in [2.45, 2.75) is 13.3 Å². The third-order valence-corrected chi connectivity index (χ3v) is 0.302. The van der Waals surface area contributed by atoms with Crippen LogP contribution in [0.2, 0.25) is 0 Å². The highest BCUT2D eigenvalue weighted by Gasteiger charge is 1.80.